The van der Waals surface area contributed by atoms with Gasteiger partial charge in [-0.3, -0.25) is 19.0 Å². The van der Waals surface area contributed by atoms with Crippen molar-refractivity contribution in [2.75, 3.05) is 27.9 Å². The van der Waals surface area contributed by atoms with Crippen molar-refractivity contribution in [3.63, 3.8) is 0 Å². The Morgan fingerprint density at radius 1 is 1.00 bits per heavy atom. The molecule has 9 nitrogen and oxygen atoms in total. The average molecular weight is 468 g/mol. The highest BCUT2D eigenvalue weighted by molar-refractivity contribution is 5.81. The molecule has 9 heteroatoms. The van der Waals surface area contributed by atoms with E-state index in [1.54, 1.807) is 17.0 Å². The molecule has 0 aliphatic heterocycles. The zero-order valence-electron chi connectivity index (χ0n) is 19.7. The molecule has 1 heterocycles. The number of hydrogen-bond donors (Lipinski definition) is 0. The van der Waals surface area contributed by atoms with Crippen LogP contribution in [0.15, 0.2) is 53.6 Å². The minimum atomic E-state index is -0.369. The largest absolute Gasteiger partial charge is 0.493 e. The molecule has 0 aliphatic rings. The molecule has 0 aliphatic carbocycles. The van der Waals surface area contributed by atoms with Crippen molar-refractivity contribution >= 4 is 22.8 Å². The predicted octanol–water partition coefficient (Wildman–Crippen LogP) is 2.79. The van der Waals surface area contributed by atoms with Gasteiger partial charge in [-0.25, -0.2) is 4.98 Å². The first-order valence-corrected chi connectivity index (χ1v) is 11.0. The number of benzene rings is 2. The van der Waals surface area contributed by atoms with Gasteiger partial charge in [0.15, 0.2) is 11.5 Å². The Kier molecular flexibility index (Phi) is 8.61. The first-order valence-electron chi connectivity index (χ1n) is 11.0. The van der Waals surface area contributed by atoms with Gasteiger partial charge in [0, 0.05) is 32.1 Å². The Labute approximate surface area is 197 Å². The molecule has 180 valence electrons. The lowest BCUT2D eigenvalue weighted by molar-refractivity contribution is -0.142. The number of carbonyl (C=O) groups excluding carboxylic acids is 2. The summed E-state index contributed by atoms with van der Waals surface area (Å²) < 4.78 is 16.8. The number of carbonyl (C=O) groups is 2. The summed E-state index contributed by atoms with van der Waals surface area (Å²) in [5.41, 5.74) is 1.26. The van der Waals surface area contributed by atoms with Crippen LogP contribution in [0.1, 0.15) is 24.8 Å². The Morgan fingerprint density at radius 3 is 2.38 bits per heavy atom. The van der Waals surface area contributed by atoms with E-state index in [0.717, 1.165) is 5.56 Å². The highest BCUT2D eigenvalue weighted by Crippen LogP contribution is 2.29. The number of rotatable bonds is 11. The molecule has 0 fully saturated rings. The quantitative estimate of drug-likeness (QED) is 0.400. The second-order valence-corrected chi connectivity index (χ2v) is 7.70. The standard InChI is InChI=1S/C25H29N3O6/c1-32-21-14-19-20(15-22(21)33-2)26-17-28(25(19)31)12-7-10-23(29)27(13-11-24(30)34-3)16-18-8-5-4-6-9-18/h4-6,8-9,14-15,17H,7,10-13,16H2,1-3H3. The average Bonchev–Trinajstić information content (AvgIpc) is 2.87. The van der Waals surface area contributed by atoms with E-state index in [1.165, 1.54) is 32.2 Å². The highest BCUT2D eigenvalue weighted by atomic mass is 16.5. The van der Waals surface area contributed by atoms with Crippen LogP contribution >= 0.6 is 0 Å². The Bertz CT molecular complexity index is 1190. The van der Waals surface area contributed by atoms with Gasteiger partial charge < -0.3 is 19.1 Å². The zero-order valence-corrected chi connectivity index (χ0v) is 19.7. The van der Waals surface area contributed by atoms with Crippen LogP contribution in [0.25, 0.3) is 10.9 Å². The Hall–Kier alpha value is -3.88. The van der Waals surface area contributed by atoms with Gasteiger partial charge in [-0.15, -0.1) is 0 Å². The van der Waals surface area contributed by atoms with Gasteiger partial charge in [0.2, 0.25) is 5.91 Å². The molecule has 1 amide bonds. The van der Waals surface area contributed by atoms with Gasteiger partial charge in [0.25, 0.3) is 5.56 Å². The first-order chi connectivity index (χ1) is 16.5. The summed E-state index contributed by atoms with van der Waals surface area (Å²) in [5.74, 6) is 0.479. The third kappa shape index (κ3) is 6.12. The lowest BCUT2D eigenvalue weighted by Gasteiger charge is -2.22. The number of aryl methyl sites for hydroxylation is 1. The maximum Gasteiger partial charge on any atom is 0.307 e. The number of fused-ring (bicyclic) bond motifs is 1. The van der Waals surface area contributed by atoms with Crippen molar-refractivity contribution in [1.82, 2.24) is 14.5 Å². The van der Waals surface area contributed by atoms with Crippen LogP contribution in [0.2, 0.25) is 0 Å². The minimum Gasteiger partial charge on any atom is -0.493 e. The lowest BCUT2D eigenvalue weighted by atomic mass is 10.2. The number of amides is 1. The van der Waals surface area contributed by atoms with Crippen LogP contribution in [0.5, 0.6) is 11.5 Å². The SMILES string of the molecule is COC(=O)CCN(Cc1ccccc1)C(=O)CCCn1cnc2cc(OC)c(OC)cc2c1=O. The third-order valence-corrected chi connectivity index (χ3v) is 5.50. The molecular weight excluding hydrogens is 438 g/mol. The summed E-state index contributed by atoms with van der Waals surface area (Å²) in [5, 5.41) is 0.412. The Balaban J connectivity index is 1.68. The molecule has 3 aromatic rings. The summed E-state index contributed by atoms with van der Waals surface area (Å²) in [7, 11) is 4.35. The highest BCUT2D eigenvalue weighted by Gasteiger charge is 2.16. The number of ether oxygens (including phenoxy) is 3. The van der Waals surface area contributed by atoms with Crippen LogP contribution in [-0.4, -0.2) is 54.2 Å². The molecule has 0 unspecified atom stereocenters. The topological polar surface area (TPSA) is 100.0 Å². The van der Waals surface area contributed by atoms with Crippen molar-refractivity contribution in [3.8, 4) is 11.5 Å². The van der Waals surface area contributed by atoms with Gasteiger partial charge in [-0.2, -0.15) is 0 Å². The molecular formula is C25H29N3O6. The fourth-order valence-corrected chi connectivity index (χ4v) is 3.63. The molecule has 2 aromatic carbocycles. The molecule has 0 N–H and O–H groups in total. The van der Waals surface area contributed by atoms with Crippen LogP contribution in [0, 0.1) is 0 Å². The van der Waals surface area contributed by atoms with E-state index in [0.29, 0.717) is 41.9 Å². The van der Waals surface area contributed by atoms with Gasteiger partial charge in [0.05, 0.1) is 45.0 Å². The van der Waals surface area contributed by atoms with Crippen LogP contribution in [0.3, 0.4) is 0 Å². The van der Waals surface area contributed by atoms with E-state index in [2.05, 4.69) is 4.98 Å². The molecule has 34 heavy (non-hydrogen) atoms. The molecule has 1 aromatic heterocycles. The monoisotopic (exact) mass is 467 g/mol. The number of aromatic nitrogens is 2. The first kappa shape index (κ1) is 24.8. The summed E-state index contributed by atoms with van der Waals surface area (Å²) >= 11 is 0. The molecule has 0 radical (unpaired) electrons. The van der Waals surface area contributed by atoms with Gasteiger partial charge >= 0.3 is 5.97 Å². The Morgan fingerprint density at radius 2 is 1.71 bits per heavy atom. The van der Waals surface area contributed by atoms with Gasteiger partial charge in [-0.1, -0.05) is 30.3 Å². The van der Waals surface area contributed by atoms with Gasteiger partial charge in [-0.05, 0) is 18.1 Å². The maximum atomic E-state index is 12.9. The van der Waals surface area contributed by atoms with Crippen molar-refractivity contribution < 1.29 is 23.8 Å². The fraction of sp³-hybridized carbons (Fsp3) is 0.360. The van der Waals surface area contributed by atoms with Gasteiger partial charge in [0.1, 0.15) is 0 Å². The molecule has 0 spiro atoms. The van der Waals surface area contributed by atoms with Crippen molar-refractivity contribution in [2.45, 2.75) is 32.4 Å². The van der Waals surface area contributed by atoms with E-state index in [9.17, 15) is 14.4 Å². The summed E-state index contributed by atoms with van der Waals surface area (Å²) in [6.07, 6.45) is 2.27. The number of methoxy groups -OCH3 is 3. The summed E-state index contributed by atoms with van der Waals surface area (Å²) in [6, 6.07) is 12.9. The van der Waals surface area contributed by atoms with Crippen LogP contribution < -0.4 is 15.0 Å². The molecule has 0 atom stereocenters. The lowest BCUT2D eigenvalue weighted by Crippen LogP contribution is -2.33. The summed E-state index contributed by atoms with van der Waals surface area (Å²) in [4.78, 5) is 43.5. The smallest absolute Gasteiger partial charge is 0.307 e. The number of nitrogens with zero attached hydrogens (tertiary/aromatic N) is 3. The maximum absolute atomic E-state index is 12.9. The van der Waals surface area contributed by atoms with E-state index in [1.807, 2.05) is 30.3 Å². The van der Waals surface area contributed by atoms with Crippen LogP contribution in [0.4, 0.5) is 0 Å². The van der Waals surface area contributed by atoms with E-state index < -0.39 is 0 Å². The molecule has 3 rings (SSSR count). The van der Waals surface area contributed by atoms with Crippen LogP contribution in [-0.2, 0) is 27.4 Å². The van der Waals surface area contributed by atoms with Crippen molar-refractivity contribution in [3.05, 3.63) is 64.7 Å². The van der Waals surface area contributed by atoms with E-state index in [-0.39, 0.29) is 36.8 Å². The van der Waals surface area contributed by atoms with Crippen molar-refractivity contribution in [1.29, 1.82) is 0 Å². The van der Waals surface area contributed by atoms with E-state index >= 15 is 0 Å². The third-order valence-electron chi connectivity index (χ3n) is 5.50. The normalized spacial score (nSPS) is 10.7. The molecule has 0 saturated carbocycles. The second-order valence-electron chi connectivity index (χ2n) is 7.70. The number of hydrogen-bond acceptors (Lipinski definition) is 7. The summed E-state index contributed by atoms with van der Waals surface area (Å²) in [6.45, 7) is 0.993. The second kappa shape index (κ2) is 11.8. The van der Waals surface area contributed by atoms with E-state index in [4.69, 9.17) is 14.2 Å². The minimum absolute atomic E-state index is 0.0963. The molecule has 0 saturated heterocycles. The number of esters is 1. The van der Waals surface area contributed by atoms with Crippen molar-refractivity contribution in [2.24, 2.45) is 0 Å². The fourth-order valence-electron chi connectivity index (χ4n) is 3.63. The molecule has 0 bridgehead atoms. The predicted molar refractivity (Wildman–Crippen MR) is 127 cm³/mol. The zero-order chi connectivity index (χ0) is 24.5.